The number of rotatable bonds is 5. The average Bonchev–Trinajstić information content (AvgIpc) is 2.56. The summed E-state index contributed by atoms with van der Waals surface area (Å²) in [7, 11) is 1.27. The fourth-order valence-electron chi connectivity index (χ4n) is 2.14. The molecular weight excluding hydrogens is 296 g/mol. The molecule has 0 spiro atoms. The lowest BCUT2D eigenvalue weighted by Gasteiger charge is -2.06. The first-order valence-corrected chi connectivity index (χ1v) is 6.97. The van der Waals surface area contributed by atoms with Crippen LogP contribution in [0.2, 0.25) is 0 Å². The van der Waals surface area contributed by atoms with Gasteiger partial charge in [0.25, 0.3) is 0 Å². The number of benzene rings is 2. The highest BCUT2D eigenvalue weighted by Gasteiger charge is 2.17. The molecule has 0 amide bonds. The molecule has 0 aliphatic rings. The standard InChI is InChI=1S/C18H16O5/c1-11-4-3-5-14(17(11)21)16(20)10-15(19)12-6-8-13(9-7-12)18(22)23-2/h3-9,21H,10H2,1-2H3. The average molecular weight is 312 g/mol. The van der Waals surface area contributed by atoms with Gasteiger partial charge in [0.1, 0.15) is 5.75 Å². The number of para-hydroxylation sites is 1. The van der Waals surface area contributed by atoms with Crippen molar-refractivity contribution >= 4 is 17.5 Å². The topological polar surface area (TPSA) is 80.7 Å². The maximum absolute atomic E-state index is 12.2. The Bertz CT molecular complexity index is 759. The van der Waals surface area contributed by atoms with Gasteiger partial charge in [0.15, 0.2) is 11.6 Å². The van der Waals surface area contributed by atoms with Crippen molar-refractivity contribution in [3.63, 3.8) is 0 Å². The van der Waals surface area contributed by atoms with Gasteiger partial charge >= 0.3 is 5.97 Å². The normalized spacial score (nSPS) is 10.2. The number of ether oxygens (including phenoxy) is 1. The zero-order chi connectivity index (χ0) is 17.0. The molecule has 0 aromatic heterocycles. The first-order valence-electron chi connectivity index (χ1n) is 6.97. The number of esters is 1. The highest BCUT2D eigenvalue weighted by Crippen LogP contribution is 2.23. The molecule has 0 aliphatic heterocycles. The number of carbonyl (C=O) groups is 3. The van der Waals surface area contributed by atoms with Crippen LogP contribution in [0.1, 0.15) is 43.1 Å². The molecule has 2 rings (SSSR count). The van der Waals surface area contributed by atoms with E-state index >= 15 is 0 Å². The Morgan fingerprint density at radius 2 is 1.57 bits per heavy atom. The van der Waals surface area contributed by atoms with Crippen LogP contribution in [0.5, 0.6) is 5.75 Å². The van der Waals surface area contributed by atoms with E-state index in [0.717, 1.165) is 0 Å². The smallest absolute Gasteiger partial charge is 0.337 e. The minimum atomic E-state index is -0.496. The lowest BCUT2D eigenvalue weighted by atomic mass is 9.99. The summed E-state index contributed by atoms with van der Waals surface area (Å²) in [6.45, 7) is 1.68. The molecule has 2 aromatic rings. The van der Waals surface area contributed by atoms with Gasteiger partial charge in [-0.1, -0.05) is 24.3 Å². The summed E-state index contributed by atoms with van der Waals surface area (Å²) in [5, 5.41) is 9.89. The summed E-state index contributed by atoms with van der Waals surface area (Å²) >= 11 is 0. The van der Waals surface area contributed by atoms with Crippen LogP contribution >= 0.6 is 0 Å². The molecule has 23 heavy (non-hydrogen) atoms. The lowest BCUT2D eigenvalue weighted by Crippen LogP contribution is -2.10. The predicted molar refractivity (Wildman–Crippen MR) is 83.9 cm³/mol. The second-order valence-electron chi connectivity index (χ2n) is 5.06. The summed E-state index contributed by atoms with van der Waals surface area (Å²) in [4.78, 5) is 35.7. The van der Waals surface area contributed by atoms with Crippen LogP contribution in [0.25, 0.3) is 0 Å². The molecule has 2 aromatic carbocycles. The SMILES string of the molecule is COC(=O)c1ccc(C(=O)CC(=O)c2cccc(C)c2O)cc1. The van der Waals surface area contributed by atoms with Crippen LogP contribution in [0, 0.1) is 6.92 Å². The summed E-state index contributed by atoms with van der Waals surface area (Å²) < 4.78 is 4.58. The monoisotopic (exact) mass is 312 g/mol. The highest BCUT2D eigenvalue weighted by molar-refractivity contribution is 6.14. The van der Waals surface area contributed by atoms with Gasteiger partial charge in [-0.2, -0.15) is 0 Å². The third kappa shape index (κ3) is 3.63. The highest BCUT2D eigenvalue weighted by atomic mass is 16.5. The molecule has 0 unspecified atom stereocenters. The van der Waals surface area contributed by atoms with E-state index in [0.29, 0.717) is 16.7 Å². The van der Waals surface area contributed by atoms with E-state index in [1.165, 1.54) is 37.4 Å². The Labute approximate surface area is 133 Å². The van der Waals surface area contributed by atoms with Gasteiger partial charge in [-0.25, -0.2) is 4.79 Å². The summed E-state index contributed by atoms with van der Waals surface area (Å²) in [6, 6.07) is 10.7. The first-order chi connectivity index (χ1) is 10.9. The number of aryl methyl sites for hydroxylation is 1. The van der Waals surface area contributed by atoms with Crippen molar-refractivity contribution in [1.29, 1.82) is 0 Å². The minimum Gasteiger partial charge on any atom is -0.507 e. The number of carbonyl (C=O) groups excluding carboxylic acids is 3. The largest absolute Gasteiger partial charge is 0.507 e. The number of phenolic OH excluding ortho intramolecular Hbond substituents is 1. The van der Waals surface area contributed by atoms with Crippen molar-refractivity contribution in [2.75, 3.05) is 7.11 Å². The number of methoxy groups -OCH3 is 1. The first kappa shape index (κ1) is 16.4. The second kappa shape index (κ2) is 6.87. The number of phenols is 1. The van der Waals surface area contributed by atoms with Gasteiger partial charge in [-0.05, 0) is 30.7 Å². The van der Waals surface area contributed by atoms with Crippen molar-refractivity contribution in [3.8, 4) is 5.75 Å². The van der Waals surface area contributed by atoms with Gasteiger partial charge in [-0.15, -0.1) is 0 Å². The third-order valence-corrected chi connectivity index (χ3v) is 3.49. The number of hydrogen-bond donors (Lipinski definition) is 1. The zero-order valence-electron chi connectivity index (χ0n) is 12.8. The fourth-order valence-corrected chi connectivity index (χ4v) is 2.14. The molecule has 0 aliphatic carbocycles. The molecule has 0 saturated heterocycles. The molecule has 5 heteroatoms. The van der Waals surface area contributed by atoms with Gasteiger partial charge in [0.2, 0.25) is 0 Å². The Morgan fingerprint density at radius 3 is 2.17 bits per heavy atom. The molecule has 0 atom stereocenters. The van der Waals surface area contributed by atoms with E-state index in [1.807, 2.05) is 0 Å². The molecular formula is C18H16O5. The fraction of sp³-hybridized carbons (Fsp3) is 0.167. The van der Waals surface area contributed by atoms with E-state index in [2.05, 4.69) is 4.74 Å². The van der Waals surface area contributed by atoms with Crippen molar-refractivity contribution in [2.24, 2.45) is 0 Å². The van der Waals surface area contributed by atoms with E-state index in [9.17, 15) is 19.5 Å². The number of aromatic hydroxyl groups is 1. The minimum absolute atomic E-state index is 0.105. The van der Waals surface area contributed by atoms with Crippen molar-refractivity contribution < 1.29 is 24.2 Å². The van der Waals surface area contributed by atoms with Crippen LogP contribution in [-0.4, -0.2) is 29.8 Å². The van der Waals surface area contributed by atoms with Gasteiger partial charge in [0.05, 0.1) is 24.7 Å². The van der Waals surface area contributed by atoms with Crippen LogP contribution in [0.4, 0.5) is 0 Å². The predicted octanol–water partition coefficient (Wildman–Crippen LogP) is 2.94. The van der Waals surface area contributed by atoms with E-state index < -0.39 is 11.8 Å². The maximum atomic E-state index is 12.2. The number of ketones is 2. The Morgan fingerprint density at radius 1 is 0.957 bits per heavy atom. The van der Waals surface area contributed by atoms with Crippen LogP contribution < -0.4 is 0 Å². The van der Waals surface area contributed by atoms with E-state index in [4.69, 9.17) is 0 Å². The van der Waals surface area contributed by atoms with E-state index in [-0.39, 0.29) is 23.5 Å². The number of Topliss-reactive ketones (excluding diaryl/α,β-unsaturated/α-hetero) is 2. The number of hydrogen-bond acceptors (Lipinski definition) is 5. The Kier molecular flexibility index (Phi) is 4.91. The van der Waals surface area contributed by atoms with Crippen molar-refractivity contribution in [2.45, 2.75) is 13.3 Å². The Hall–Kier alpha value is -2.95. The van der Waals surface area contributed by atoms with Gasteiger partial charge < -0.3 is 9.84 Å². The quantitative estimate of drug-likeness (QED) is 0.521. The molecule has 0 radical (unpaired) electrons. The Balaban J connectivity index is 2.14. The van der Waals surface area contributed by atoms with Crippen molar-refractivity contribution in [3.05, 3.63) is 64.7 Å². The molecule has 118 valence electrons. The molecule has 0 fully saturated rings. The molecule has 0 saturated carbocycles. The van der Waals surface area contributed by atoms with Crippen LogP contribution in [0.15, 0.2) is 42.5 Å². The zero-order valence-corrected chi connectivity index (χ0v) is 12.8. The molecule has 0 heterocycles. The van der Waals surface area contributed by atoms with Crippen LogP contribution in [-0.2, 0) is 4.74 Å². The van der Waals surface area contributed by atoms with Crippen LogP contribution in [0.3, 0.4) is 0 Å². The molecule has 5 nitrogen and oxygen atoms in total. The summed E-state index contributed by atoms with van der Waals surface area (Å²) in [5.41, 5.74) is 1.35. The summed E-state index contributed by atoms with van der Waals surface area (Å²) in [5.74, 6) is -1.43. The van der Waals surface area contributed by atoms with Gasteiger partial charge in [0, 0.05) is 5.56 Å². The summed E-state index contributed by atoms with van der Waals surface area (Å²) in [6.07, 6.45) is -0.353. The molecule has 0 bridgehead atoms. The van der Waals surface area contributed by atoms with Gasteiger partial charge in [-0.3, -0.25) is 9.59 Å². The molecule has 1 N–H and O–H groups in total. The lowest BCUT2D eigenvalue weighted by molar-refractivity contribution is 0.0600. The van der Waals surface area contributed by atoms with Crippen molar-refractivity contribution in [1.82, 2.24) is 0 Å². The third-order valence-electron chi connectivity index (χ3n) is 3.49. The van der Waals surface area contributed by atoms with E-state index in [1.54, 1.807) is 19.1 Å². The maximum Gasteiger partial charge on any atom is 0.337 e. The second-order valence-corrected chi connectivity index (χ2v) is 5.06.